The third-order valence-electron chi connectivity index (χ3n) is 1.79. The molecule has 0 radical (unpaired) electrons. The fourth-order valence-corrected chi connectivity index (χ4v) is 1.10. The van der Waals surface area contributed by atoms with Gasteiger partial charge in [-0.05, 0) is 18.7 Å². The van der Waals surface area contributed by atoms with E-state index < -0.39 is 0 Å². The summed E-state index contributed by atoms with van der Waals surface area (Å²) in [7, 11) is 0. The highest BCUT2D eigenvalue weighted by atomic mass is 16.3. The number of aliphatic imine (C=N–C) groups is 1. The lowest BCUT2D eigenvalue weighted by molar-refractivity contribution is 0.552. The van der Waals surface area contributed by atoms with Crippen LogP contribution in [0.4, 0.5) is 5.69 Å². The lowest BCUT2D eigenvalue weighted by atomic mass is 10.1. The maximum atomic E-state index is 5.25. The summed E-state index contributed by atoms with van der Waals surface area (Å²) in [5, 5.41) is 0. The molecule has 14 heavy (non-hydrogen) atoms. The first kappa shape index (κ1) is 12.7. The van der Waals surface area contributed by atoms with E-state index in [1.54, 1.807) is 12.3 Å². The Kier molecular flexibility index (Phi) is 5.61. The molecule has 1 aromatic rings. The first-order valence-electron chi connectivity index (χ1n) is 4.91. The number of rotatable bonds is 3. The van der Waals surface area contributed by atoms with Crippen molar-refractivity contribution in [1.29, 1.82) is 0 Å². The fourth-order valence-electron chi connectivity index (χ4n) is 1.10. The predicted octanol–water partition coefficient (Wildman–Crippen LogP) is 4.40. The highest BCUT2D eigenvalue weighted by molar-refractivity contribution is 5.64. The average molecular weight is 193 g/mol. The molecule has 0 N–H and O–H groups in total. The Bertz CT molecular complexity index is 297. The number of furan rings is 1. The van der Waals surface area contributed by atoms with Crippen molar-refractivity contribution in [2.45, 2.75) is 33.6 Å². The largest absolute Gasteiger partial charge is 0.462 e. The molecule has 1 heterocycles. The molecule has 0 bridgehead atoms. The third kappa shape index (κ3) is 2.59. The highest BCUT2D eigenvalue weighted by Crippen LogP contribution is 2.32. The molecule has 0 spiro atoms. The van der Waals surface area contributed by atoms with Gasteiger partial charge in [-0.2, -0.15) is 0 Å². The minimum absolute atomic E-state index is 0.406. The van der Waals surface area contributed by atoms with Crippen molar-refractivity contribution in [3.63, 3.8) is 0 Å². The second-order valence-corrected chi connectivity index (χ2v) is 2.92. The van der Waals surface area contributed by atoms with Gasteiger partial charge >= 0.3 is 0 Å². The van der Waals surface area contributed by atoms with Gasteiger partial charge in [0.2, 0.25) is 0 Å². The first-order chi connectivity index (χ1) is 6.70. The topological polar surface area (TPSA) is 25.5 Å². The van der Waals surface area contributed by atoms with Crippen LogP contribution >= 0.6 is 0 Å². The molecule has 0 aromatic carbocycles. The van der Waals surface area contributed by atoms with Crippen molar-refractivity contribution in [2.24, 2.45) is 4.99 Å². The van der Waals surface area contributed by atoms with Gasteiger partial charge in [0.15, 0.2) is 5.76 Å². The molecule has 0 amide bonds. The van der Waals surface area contributed by atoms with Gasteiger partial charge in [0, 0.05) is 5.56 Å². The lowest BCUT2D eigenvalue weighted by Gasteiger charge is -2.00. The minimum Gasteiger partial charge on any atom is -0.462 e. The predicted molar refractivity (Wildman–Crippen MR) is 63.4 cm³/mol. The van der Waals surface area contributed by atoms with Crippen LogP contribution in [0, 0.1) is 0 Å². The van der Waals surface area contributed by atoms with E-state index in [-0.39, 0.29) is 0 Å². The van der Waals surface area contributed by atoms with E-state index in [2.05, 4.69) is 32.1 Å². The van der Waals surface area contributed by atoms with Crippen LogP contribution in [0.3, 0.4) is 0 Å². The van der Waals surface area contributed by atoms with Crippen molar-refractivity contribution in [1.82, 2.24) is 0 Å². The fraction of sp³-hybridized carbons (Fsp3) is 0.417. The molecular formula is C12H19NO. The van der Waals surface area contributed by atoms with Gasteiger partial charge in [-0.3, -0.25) is 4.99 Å². The van der Waals surface area contributed by atoms with Crippen LogP contribution in [0.25, 0.3) is 6.08 Å². The standard InChI is InChI=1S/C10H13NO.C2H6/c1-5-9-10(11-4)8(6-12-9)7(2)3;1-2/h5-7H,1,4H2,2-3H3;1-2H3. The molecule has 0 saturated carbocycles. The van der Waals surface area contributed by atoms with E-state index in [0.717, 1.165) is 11.3 Å². The summed E-state index contributed by atoms with van der Waals surface area (Å²) in [5.74, 6) is 1.11. The van der Waals surface area contributed by atoms with Gasteiger partial charge in [-0.15, -0.1) is 0 Å². The van der Waals surface area contributed by atoms with E-state index >= 15 is 0 Å². The summed E-state index contributed by atoms with van der Waals surface area (Å²) >= 11 is 0. The van der Waals surface area contributed by atoms with Crippen molar-refractivity contribution in [3.05, 3.63) is 24.2 Å². The summed E-state index contributed by atoms with van der Waals surface area (Å²) in [5.41, 5.74) is 1.90. The van der Waals surface area contributed by atoms with Crippen LogP contribution in [0.2, 0.25) is 0 Å². The second-order valence-electron chi connectivity index (χ2n) is 2.92. The van der Waals surface area contributed by atoms with Gasteiger partial charge in [0.25, 0.3) is 0 Å². The Morgan fingerprint density at radius 2 is 2.00 bits per heavy atom. The third-order valence-corrected chi connectivity index (χ3v) is 1.79. The van der Waals surface area contributed by atoms with Crippen LogP contribution in [0.15, 0.2) is 22.3 Å². The number of hydrogen-bond donors (Lipinski definition) is 0. The smallest absolute Gasteiger partial charge is 0.151 e. The highest BCUT2D eigenvalue weighted by Gasteiger charge is 2.12. The molecule has 2 nitrogen and oxygen atoms in total. The molecule has 1 aromatic heterocycles. The molecule has 1 rings (SSSR count). The number of hydrogen-bond acceptors (Lipinski definition) is 2. The minimum atomic E-state index is 0.406. The van der Waals surface area contributed by atoms with Gasteiger partial charge in [-0.25, -0.2) is 0 Å². The molecule has 0 saturated heterocycles. The summed E-state index contributed by atoms with van der Waals surface area (Å²) in [6.45, 7) is 15.3. The molecule has 2 heteroatoms. The van der Waals surface area contributed by atoms with E-state index in [9.17, 15) is 0 Å². The zero-order valence-corrected chi connectivity index (χ0v) is 9.50. The van der Waals surface area contributed by atoms with Crippen molar-refractivity contribution in [3.8, 4) is 0 Å². The zero-order valence-electron chi connectivity index (χ0n) is 9.50. The molecule has 0 fully saturated rings. The molecular weight excluding hydrogens is 174 g/mol. The van der Waals surface area contributed by atoms with Crippen molar-refractivity contribution < 1.29 is 4.42 Å². The Morgan fingerprint density at radius 1 is 1.43 bits per heavy atom. The zero-order chi connectivity index (χ0) is 11.1. The van der Waals surface area contributed by atoms with E-state index in [1.165, 1.54) is 0 Å². The van der Waals surface area contributed by atoms with Crippen molar-refractivity contribution >= 4 is 18.5 Å². The van der Waals surface area contributed by atoms with Crippen LogP contribution in [0.1, 0.15) is 44.9 Å². The van der Waals surface area contributed by atoms with Gasteiger partial charge in [0.05, 0.1) is 6.26 Å². The summed E-state index contributed by atoms with van der Waals surface area (Å²) < 4.78 is 5.25. The monoisotopic (exact) mass is 193 g/mol. The lowest BCUT2D eigenvalue weighted by Crippen LogP contribution is -1.82. The average Bonchev–Trinajstić information content (AvgIpc) is 2.63. The molecule has 0 unspecified atom stereocenters. The van der Waals surface area contributed by atoms with E-state index in [1.807, 2.05) is 13.8 Å². The Morgan fingerprint density at radius 3 is 2.36 bits per heavy atom. The van der Waals surface area contributed by atoms with Crippen molar-refractivity contribution in [2.75, 3.05) is 0 Å². The molecule has 0 aliphatic heterocycles. The Labute approximate surface area is 86.4 Å². The summed E-state index contributed by atoms with van der Waals surface area (Å²) in [6, 6.07) is 0. The van der Waals surface area contributed by atoms with Crippen LogP contribution in [0.5, 0.6) is 0 Å². The Hall–Kier alpha value is -1.31. The molecule has 0 atom stereocenters. The second kappa shape index (κ2) is 6.19. The maximum Gasteiger partial charge on any atom is 0.151 e. The van der Waals surface area contributed by atoms with Crippen LogP contribution in [-0.2, 0) is 0 Å². The van der Waals surface area contributed by atoms with Gasteiger partial charge < -0.3 is 4.42 Å². The summed E-state index contributed by atoms with van der Waals surface area (Å²) in [6.07, 6.45) is 3.36. The molecule has 0 aliphatic carbocycles. The first-order valence-corrected chi connectivity index (χ1v) is 4.91. The van der Waals surface area contributed by atoms with Crippen LogP contribution < -0.4 is 0 Å². The van der Waals surface area contributed by atoms with Gasteiger partial charge in [-0.1, -0.05) is 34.3 Å². The molecule has 78 valence electrons. The number of nitrogens with zero attached hydrogens (tertiary/aromatic N) is 1. The van der Waals surface area contributed by atoms with Crippen LogP contribution in [-0.4, -0.2) is 6.72 Å². The summed E-state index contributed by atoms with van der Waals surface area (Å²) in [4.78, 5) is 3.91. The normalized spacial score (nSPS) is 9.21. The quantitative estimate of drug-likeness (QED) is 0.653. The van der Waals surface area contributed by atoms with Gasteiger partial charge in [0.1, 0.15) is 5.69 Å². The Balaban J connectivity index is 0.000000791. The SMILES string of the molecule is C=Cc1occ(C(C)C)c1N=C.CC. The maximum absolute atomic E-state index is 5.25. The van der Waals surface area contributed by atoms with E-state index in [0.29, 0.717) is 11.7 Å². The molecule has 0 aliphatic rings. The van der Waals surface area contributed by atoms with E-state index in [4.69, 9.17) is 4.42 Å².